The van der Waals surface area contributed by atoms with Gasteiger partial charge in [-0.1, -0.05) is 39.2 Å². The van der Waals surface area contributed by atoms with E-state index in [1.165, 1.54) is 18.9 Å². The first kappa shape index (κ1) is 15.1. The van der Waals surface area contributed by atoms with Gasteiger partial charge < -0.3 is 0 Å². The minimum Gasteiger partial charge on any atom is -0.271 e. The maximum atomic E-state index is 13.4. The molecule has 0 bridgehead atoms. The molecular formula is C15H25FN2. The molecule has 18 heavy (non-hydrogen) atoms. The standard InChI is InChI=1S/C15H25FN2/c1-4-6-7-12(5-2)15(18-17)14-10-13(16)9-8-11(14)3/h8-10,12,15,18H,4-7,17H2,1-3H3. The van der Waals surface area contributed by atoms with Crippen molar-refractivity contribution in [2.75, 3.05) is 0 Å². The second-order valence-corrected chi connectivity index (χ2v) is 4.96. The zero-order valence-corrected chi connectivity index (χ0v) is 11.7. The Morgan fingerprint density at radius 1 is 1.33 bits per heavy atom. The zero-order chi connectivity index (χ0) is 13.5. The first-order valence-corrected chi connectivity index (χ1v) is 6.86. The normalized spacial score (nSPS) is 14.5. The highest BCUT2D eigenvalue weighted by molar-refractivity contribution is 5.30. The summed E-state index contributed by atoms with van der Waals surface area (Å²) in [6, 6.07) is 4.97. The molecule has 0 aromatic heterocycles. The number of unbranched alkanes of at least 4 members (excludes halogenated alkanes) is 1. The zero-order valence-electron chi connectivity index (χ0n) is 11.7. The predicted molar refractivity (Wildman–Crippen MR) is 74.5 cm³/mol. The first-order valence-electron chi connectivity index (χ1n) is 6.86. The van der Waals surface area contributed by atoms with Crippen LogP contribution in [0.4, 0.5) is 4.39 Å². The molecule has 0 aliphatic rings. The molecule has 1 aromatic rings. The van der Waals surface area contributed by atoms with E-state index in [0.717, 1.165) is 24.0 Å². The number of hydrogen-bond donors (Lipinski definition) is 2. The van der Waals surface area contributed by atoms with Crippen molar-refractivity contribution in [1.29, 1.82) is 0 Å². The van der Waals surface area contributed by atoms with Gasteiger partial charge >= 0.3 is 0 Å². The van der Waals surface area contributed by atoms with Crippen molar-refractivity contribution < 1.29 is 4.39 Å². The molecule has 0 spiro atoms. The van der Waals surface area contributed by atoms with Gasteiger partial charge in [0.2, 0.25) is 0 Å². The maximum Gasteiger partial charge on any atom is 0.123 e. The average Bonchev–Trinajstić information content (AvgIpc) is 2.38. The summed E-state index contributed by atoms with van der Waals surface area (Å²) in [5.74, 6) is 5.96. The molecule has 0 fully saturated rings. The summed E-state index contributed by atoms with van der Waals surface area (Å²) >= 11 is 0. The van der Waals surface area contributed by atoms with Crippen LogP contribution < -0.4 is 11.3 Å². The monoisotopic (exact) mass is 252 g/mol. The van der Waals surface area contributed by atoms with Crippen molar-refractivity contribution in [2.24, 2.45) is 11.8 Å². The van der Waals surface area contributed by atoms with Crippen LogP contribution in [0.2, 0.25) is 0 Å². The first-order chi connectivity index (χ1) is 8.63. The van der Waals surface area contributed by atoms with Gasteiger partial charge in [-0.15, -0.1) is 0 Å². The van der Waals surface area contributed by atoms with Crippen LogP contribution >= 0.6 is 0 Å². The van der Waals surface area contributed by atoms with Crippen LogP contribution in [-0.4, -0.2) is 0 Å². The third-order valence-corrected chi connectivity index (χ3v) is 3.68. The van der Waals surface area contributed by atoms with Gasteiger partial charge in [-0.05, 0) is 42.5 Å². The lowest BCUT2D eigenvalue weighted by Crippen LogP contribution is -2.34. The van der Waals surface area contributed by atoms with Crippen molar-refractivity contribution in [3.63, 3.8) is 0 Å². The molecule has 3 heteroatoms. The summed E-state index contributed by atoms with van der Waals surface area (Å²) in [4.78, 5) is 0. The van der Waals surface area contributed by atoms with Crippen LogP contribution in [0.5, 0.6) is 0 Å². The van der Waals surface area contributed by atoms with E-state index in [1.807, 2.05) is 13.0 Å². The van der Waals surface area contributed by atoms with Crippen LogP contribution in [-0.2, 0) is 0 Å². The topological polar surface area (TPSA) is 38.0 Å². The molecule has 0 aliphatic carbocycles. The number of hydrazine groups is 1. The lowest BCUT2D eigenvalue weighted by atomic mass is 9.85. The van der Waals surface area contributed by atoms with E-state index in [0.29, 0.717) is 5.92 Å². The molecule has 2 nitrogen and oxygen atoms in total. The second-order valence-electron chi connectivity index (χ2n) is 4.96. The van der Waals surface area contributed by atoms with E-state index in [4.69, 9.17) is 5.84 Å². The highest BCUT2D eigenvalue weighted by Gasteiger charge is 2.22. The second kappa shape index (κ2) is 7.49. The Morgan fingerprint density at radius 3 is 2.61 bits per heavy atom. The van der Waals surface area contributed by atoms with E-state index in [2.05, 4.69) is 19.3 Å². The predicted octanol–water partition coefficient (Wildman–Crippen LogP) is 3.85. The van der Waals surface area contributed by atoms with Gasteiger partial charge in [0.25, 0.3) is 0 Å². The summed E-state index contributed by atoms with van der Waals surface area (Å²) in [5, 5.41) is 0. The number of hydrogen-bond acceptors (Lipinski definition) is 2. The molecule has 1 aromatic carbocycles. The number of nitrogens with two attached hydrogens (primary N) is 1. The molecule has 0 amide bonds. The highest BCUT2D eigenvalue weighted by Crippen LogP contribution is 2.30. The fourth-order valence-corrected chi connectivity index (χ4v) is 2.50. The summed E-state index contributed by atoms with van der Waals surface area (Å²) < 4.78 is 13.4. The molecule has 0 aliphatic heterocycles. The lowest BCUT2D eigenvalue weighted by molar-refractivity contribution is 0.325. The van der Waals surface area contributed by atoms with Gasteiger partial charge in [-0.2, -0.15) is 0 Å². The summed E-state index contributed by atoms with van der Waals surface area (Å²) in [5.41, 5.74) is 4.96. The number of benzene rings is 1. The Balaban J connectivity index is 2.95. The molecule has 0 heterocycles. The Labute approximate surface area is 110 Å². The summed E-state index contributed by atoms with van der Waals surface area (Å²) in [6.45, 7) is 6.36. The largest absolute Gasteiger partial charge is 0.271 e. The van der Waals surface area contributed by atoms with E-state index in [-0.39, 0.29) is 11.9 Å². The van der Waals surface area contributed by atoms with E-state index < -0.39 is 0 Å². The average molecular weight is 252 g/mol. The van der Waals surface area contributed by atoms with Crippen LogP contribution in [0, 0.1) is 18.7 Å². The number of aryl methyl sites for hydroxylation is 1. The van der Waals surface area contributed by atoms with Crippen LogP contribution in [0.3, 0.4) is 0 Å². The lowest BCUT2D eigenvalue weighted by Gasteiger charge is -2.27. The number of halogens is 1. The van der Waals surface area contributed by atoms with Crippen molar-refractivity contribution in [1.82, 2.24) is 5.43 Å². The van der Waals surface area contributed by atoms with Gasteiger partial charge in [0, 0.05) is 6.04 Å². The molecule has 0 saturated carbocycles. The molecular weight excluding hydrogens is 227 g/mol. The molecule has 1 rings (SSSR count). The van der Waals surface area contributed by atoms with Crippen LogP contribution in [0.25, 0.3) is 0 Å². The Morgan fingerprint density at radius 2 is 2.06 bits per heavy atom. The minimum absolute atomic E-state index is 0.0391. The highest BCUT2D eigenvalue weighted by atomic mass is 19.1. The molecule has 102 valence electrons. The minimum atomic E-state index is -0.193. The van der Waals surface area contributed by atoms with Crippen LogP contribution in [0.15, 0.2) is 18.2 Å². The Bertz CT molecular complexity index is 366. The third kappa shape index (κ3) is 3.79. The van der Waals surface area contributed by atoms with Gasteiger partial charge in [0.05, 0.1) is 0 Å². The van der Waals surface area contributed by atoms with Gasteiger partial charge in [0.15, 0.2) is 0 Å². The van der Waals surface area contributed by atoms with Crippen molar-refractivity contribution in [3.8, 4) is 0 Å². The van der Waals surface area contributed by atoms with Gasteiger partial charge in [0.1, 0.15) is 5.82 Å². The Kier molecular flexibility index (Phi) is 6.30. The van der Waals surface area contributed by atoms with Crippen molar-refractivity contribution in [2.45, 2.75) is 52.5 Å². The molecule has 2 atom stereocenters. The Hall–Kier alpha value is -0.930. The fourth-order valence-electron chi connectivity index (χ4n) is 2.50. The van der Waals surface area contributed by atoms with Crippen molar-refractivity contribution >= 4 is 0 Å². The van der Waals surface area contributed by atoms with Crippen LogP contribution in [0.1, 0.15) is 56.7 Å². The van der Waals surface area contributed by atoms with Gasteiger partial charge in [-0.25, -0.2) is 4.39 Å². The van der Waals surface area contributed by atoms with E-state index >= 15 is 0 Å². The van der Waals surface area contributed by atoms with E-state index in [9.17, 15) is 4.39 Å². The molecule has 0 saturated heterocycles. The smallest absolute Gasteiger partial charge is 0.123 e. The third-order valence-electron chi connectivity index (χ3n) is 3.68. The quantitative estimate of drug-likeness (QED) is 0.571. The maximum absolute atomic E-state index is 13.4. The molecule has 0 radical (unpaired) electrons. The fraction of sp³-hybridized carbons (Fsp3) is 0.600. The number of rotatable bonds is 7. The summed E-state index contributed by atoms with van der Waals surface area (Å²) in [6.07, 6.45) is 4.53. The SMILES string of the molecule is CCCCC(CC)C(NN)c1cc(F)ccc1C. The van der Waals surface area contributed by atoms with E-state index in [1.54, 1.807) is 6.07 Å². The molecule has 2 unspecified atom stereocenters. The summed E-state index contributed by atoms with van der Waals surface area (Å²) in [7, 11) is 0. The number of nitrogens with one attached hydrogen (secondary N) is 1. The molecule has 3 N–H and O–H groups in total. The van der Waals surface area contributed by atoms with Crippen molar-refractivity contribution in [3.05, 3.63) is 35.1 Å². The van der Waals surface area contributed by atoms with Gasteiger partial charge in [-0.3, -0.25) is 11.3 Å².